The number of aliphatic hydroxyl groups excluding tert-OH is 1. The van der Waals surface area contributed by atoms with Crippen LogP contribution in [0.15, 0.2) is 30.9 Å². The van der Waals surface area contributed by atoms with Crippen molar-refractivity contribution in [2.45, 2.75) is 12.5 Å². The van der Waals surface area contributed by atoms with Crippen molar-refractivity contribution in [2.24, 2.45) is 7.05 Å². The van der Waals surface area contributed by atoms with E-state index in [1.165, 1.54) is 0 Å². The molecule has 5 heteroatoms. The van der Waals surface area contributed by atoms with E-state index in [-0.39, 0.29) is 0 Å². The fourth-order valence-corrected chi connectivity index (χ4v) is 1.55. The highest BCUT2D eigenvalue weighted by Crippen LogP contribution is 2.20. The second kappa shape index (κ2) is 4.32. The Morgan fingerprint density at radius 2 is 2.31 bits per heavy atom. The molecular weight excluding hydrogens is 204 g/mol. The molecule has 5 nitrogen and oxygen atoms in total. The Labute approximate surface area is 93.5 Å². The number of aromatic nitrogens is 3. The first kappa shape index (κ1) is 10.6. The molecule has 0 aromatic carbocycles. The smallest absolute Gasteiger partial charge is 0.0862 e. The van der Waals surface area contributed by atoms with Gasteiger partial charge < -0.3 is 10.8 Å². The lowest BCUT2D eigenvalue weighted by atomic mass is 10.0. The first-order valence-electron chi connectivity index (χ1n) is 5.02. The topological polar surface area (TPSA) is 77.0 Å². The molecule has 2 aromatic heterocycles. The van der Waals surface area contributed by atoms with Gasteiger partial charge in [-0.05, 0) is 11.6 Å². The van der Waals surface area contributed by atoms with E-state index in [2.05, 4.69) is 10.1 Å². The zero-order chi connectivity index (χ0) is 11.5. The third kappa shape index (κ3) is 2.20. The van der Waals surface area contributed by atoms with Crippen molar-refractivity contribution in [2.75, 3.05) is 5.73 Å². The van der Waals surface area contributed by atoms with E-state index >= 15 is 0 Å². The van der Waals surface area contributed by atoms with Gasteiger partial charge in [-0.2, -0.15) is 5.10 Å². The van der Waals surface area contributed by atoms with E-state index in [9.17, 15) is 5.11 Å². The number of nitrogens with two attached hydrogens (primary N) is 1. The van der Waals surface area contributed by atoms with Crippen LogP contribution in [-0.2, 0) is 13.5 Å². The molecule has 3 N–H and O–H groups in total. The molecule has 0 radical (unpaired) electrons. The highest BCUT2D eigenvalue weighted by atomic mass is 16.3. The second-order valence-corrected chi connectivity index (χ2v) is 3.74. The SMILES string of the molecule is Cn1cc(C(O)Cc2cnccc2N)cn1. The number of aliphatic hydroxyl groups is 1. The maximum atomic E-state index is 9.98. The number of hydrogen-bond acceptors (Lipinski definition) is 4. The average molecular weight is 218 g/mol. The first-order chi connectivity index (χ1) is 7.66. The quantitative estimate of drug-likeness (QED) is 0.794. The minimum Gasteiger partial charge on any atom is -0.398 e. The molecule has 2 heterocycles. The summed E-state index contributed by atoms with van der Waals surface area (Å²) < 4.78 is 1.66. The van der Waals surface area contributed by atoms with Crippen LogP contribution in [0.5, 0.6) is 0 Å². The lowest BCUT2D eigenvalue weighted by Gasteiger charge is -2.09. The van der Waals surface area contributed by atoms with Crippen LogP contribution in [0.25, 0.3) is 0 Å². The van der Waals surface area contributed by atoms with Gasteiger partial charge in [0.2, 0.25) is 0 Å². The van der Waals surface area contributed by atoms with Gasteiger partial charge in [0.25, 0.3) is 0 Å². The summed E-state index contributed by atoms with van der Waals surface area (Å²) in [5, 5.41) is 14.0. The Balaban J connectivity index is 2.13. The van der Waals surface area contributed by atoms with Crippen molar-refractivity contribution >= 4 is 5.69 Å². The number of aryl methyl sites for hydroxylation is 1. The summed E-state index contributed by atoms with van der Waals surface area (Å²) in [7, 11) is 1.81. The number of nitrogen functional groups attached to an aromatic ring is 1. The highest BCUT2D eigenvalue weighted by Gasteiger charge is 2.12. The van der Waals surface area contributed by atoms with Gasteiger partial charge in [-0.3, -0.25) is 9.67 Å². The maximum absolute atomic E-state index is 9.98. The van der Waals surface area contributed by atoms with Crippen LogP contribution in [-0.4, -0.2) is 19.9 Å². The summed E-state index contributed by atoms with van der Waals surface area (Å²) in [6.45, 7) is 0. The Morgan fingerprint density at radius 3 is 2.94 bits per heavy atom. The van der Waals surface area contributed by atoms with Crippen LogP contribution < -0.4 is 5.73 Å². The second-order valence-electron chi connectivity index (χ2n) is 3.74. The van der Waals surface area contributed by atoms with Crippen LogP contribution in [0.2, 0.25) is 0 Å². The van der Waals surface area contributed by atoms with Crippen molar-refractivity contribution in [1.29, 1.82) is 0 Å². The first-order valence-corrected chi connectivity index (χ1v) is 5.02. The number of pyridine rings is 1. The number of nitrogens with zero attached hydrogens (tertiary/aromatic N) is 3. The van der Waals surface area contributed by atoms with Gasteiger partial charge in [-0.1, -0.05) is 0 Å². The molecule has 0 aliphatic heterocycles. The van der Waals surface area contributed by atoms with Gasteiger partial charge in [0.05, 0.1) is 12.3 Å². The molecule has 0 aliphatic rings. The highest BCUT2D eigenvalue weighted by molar-refractivity contribution is 5.44. The normalized spacial score (nSPS) is 12.6. The summed E-state index contributed by atoms with van der Waals surface area (Å²) in [5.41, 5.74) is 8.06. The molecule has 0 saturated heterocycles. The van der Waals surface area contributed by atoms with Crippen LogP contribution in [0.3, 0.4) is 0 Å². The predicted molar refractivity (Wildman–Crippen MR) is 60.5 cm³/mol. The summed E-state index contributed by atoms with van der Waals surface area (Å²) in [6.07, 6.45) is 6.60. The van der Waals surface area contributed by atoms with E-state index in [1.54, 1.807) is 35.5 Å². The number of hydrogen-bond donors (Lipinski definition) is 2. The molecule has 0 aliphatic carbocycles. The van der Waals surface area contributed by atoms with Crippen molar-refractivity contribution in [3.05, 3.63) is 42.0 Å². The summed E-state index contributed by atoms with van der Waals surface area (Å²) in [6, 6.07) is 1.73. The minimum atomic E-state index is -0.597. The summed E-state index contributed by atoms with van der Waals surface area (Å²) in [4.78, 5) is 3.99. The third-order valence-electron chi connectivity index (χ3n) is 2.46. The zero-order valence-corrected chi connectivity index (χ0v) is 9.04. The molecule has 1 unspecified atom stereocenters. The van der Waals surface area contributed by atoms with Gasteiger partial charge in [0.1, 0.15) is 0 Å². The van der Waals surface area contributed by atoms with Crippen LogP contribution in [0, 0.1) is 0 Å². The summed E-state index contributed by atoms with van der Waals surface area (Å²) in [5.74, 6) is 0. The molecule has 0 spiro atoms. The van der Waals surface area contributed by atoms with Crippen LogP contribution in [0.4, 0.5) is 5.69 Å². The molecule has 1 atom stereocenters. The Morgan fingerprint density at radius 1 is 1.50 bits per heavy atom. The molecule has 0 saturated carbocycles. The van der Waals surface area contributed by atoms with Crippen molar-refractivity contribution in [3.63, 3.8) is 0 Å². The van der Waals surface area contributed by atoms with Gasteiger partial charge in [-0.15, -0.1) is 0 Å². The van der Waals surface area contributed by atoms with Crippen molar-refractivity contribution in [3.8, 4) is 0 Å². The minimum absolute atomic E-state index is 0.450. The molecule has 0 bridgehead atoms. The monoisotopic (exact) mass is 218 g/mol. The van der Waals surface area contributed by atoms with E-state index in [1.807, 2.05) is 7.05 Å². The zero-order valence-electron chi connectivity index (χ0n) is 9.04. The van der Waals surface area contributed by atoms with Gasteiger partial charge in [0, 0.05) is 43.3 Å². The Bertz CT molecular complexity index is 480. The Hall–Kier alpha value is -1.88. The van der Waals surface area contributed by atoms with Crippen LogP contribution in [0.1, 0.15) is 17.2 Å². The van der Waals surface area contributed by atoms with E-state index in [0.29, 0.717) is 12.1 Å². The molecule has 0 fully saturated rings. The van der Waals surface area contributed by atoms with Crippen LogP contribution >= 0.6 is 0 Å². The molecule has 2 aromatic rings. The van der Waals surface area contributed by atoms with Gasteiger partial charge in [0.15, 0.2) is 0 Å². The Kier molecular flexibility index (Phi) is 2.87. The summed E-state index contributed by atoms with van der Waals surface area (Å²) >= 11 is 0. The molecule has 2 rings (SSSR count). The van der Waals surface area contributed by atoms with Crippen molar-refractivity contribution < 1.29 is 5.11 Å². The van der Waals surface area contributed by atoms with Crippen molar-refractivity contribution in [1.82, 2.24) is 14.8 Å². The van der Waals surface area contributed by atoms with E-state index in [4.69, 9.17) is 5.73 Å². The lowest BCUT2D eigenvalue weighted by molar-refractivity contribution is 0.178. The fraction of sp³-hybridized carbons (Fsp3) is 0.273. The van der Waals surface area contributed by atoms with E-state index < -0.39 is 6.10 Å². The van der Waals surface area contributed by atoms with Gasteiger partial charge in [-0.25, -0.2) is 0 Å². The molecule has 84 valence electrons. The fourth-order valence-electron chi connectivity index (χ4n) is 1.55. The maximum Gasteiger partial charge on any atom is 0.0862 e. The van der Waals surface area contributed by atoms with E-state index in [0.717, 1.165) is 11.1 Å². The number of anilines is 1. The molecular formula is C11H14N4O. The molecule has 0 amide bonds. The lowest BCUT2D eigenvalue weighted by Crippen LogP contribution is -2.04. The van der Waals surface area contributed by atoms with Gasteiger partial charge >= 0.3 is 0 Å². The molecule has 16 heavy (non-hydrogen) atoms. The average Bonchev–Trinajstić information content (AvgIpc) is 2.68. The number of rotatable bonds is 3. The largest absolute Gasteiger partial charge is 0.398 e. The standard InChI is InChI=1S/C11H14N4O/c1-15-7-9(6-14-15)11(16)4-8-5-13-3-2-10(8)12/h2-3,5-7,11,16H,4H2,1H3,(H2,12,13). The predicted octanol–water partition coefficient (Wildman–Crippen LogP) is 0.673. The third-order valence-corrected chi connectivity index (χ3v) is 2.46.